The number of phenols is 1. The number of hydrogen-bond donors (Lipinski definition) is 2. The maximum atomic E-state index is 12.3. The predicted octanol–water partition coefficient (Wildman–Crippen LogP) is 3.82. The van der Waals surface area contributed by atoms with Crippen LogP contribution in [-0.4, -0.2) is 16.7 Å². The Hall–Kier alpha value is -2.36. The monoisotopic (exact) mass is 322 g/mol. The summed E-state index contributed by atoms with van der Waals surface area (Å²) in [6, 6.07) is 11.5. The van der Waals surface area contributed by atoms with E-state index in [0.29, 0.717) is 23.1 Å². The number of phenolic OH excluding ortho intramolecular Hbond substituents is 1. The van der Waals surface area contributed by atoms with Crippen LogP contribution in [0, 0.1) is 17.8 Å². The number of hydrogen-bond acceptors (Lipinski definition) is 3. The second-order valence-electron chi connectivity index (χ2n) is 6.99. The number of carbonyl (C=O) groups is 1. The number of aromatic hydroxyl groups is 1. The van der Waals surface area contributed by atoms with Crippen molar-refractivity contribution >= 4 is 22.4 Å². The molecular formula is C20H22N2O2. The largest absolute Gasteiger partial charge is 0.507 e. The lowest BCUT2D eigenvalue weighted by atomic mass is 10.0. The van der Waals surface area contributed by atoms with E-state index in [2.05, 4.69) is 10.5 Å². The van der Waals surface area contributed by atoms with Crippen LogP contribution in [0.1, 0.15) is 38.2 Å². The van der Waals surface area contributed by atoms with E-state index in [1.54, 1.807) is 0 Å². The molecule has 0 heterocycles. The zero-order valence-corrected chi connectivity index (χ0v) is 13.8. The Morgan fingerprint density at radius 1 is 1.12 bits per heavy atom. The molecule has 24 heavy (non-hydrogen) atoms. The minimum absolute atomic E-state index is 0.0338. The summed E-state index contributed by atoms with van der Waals surface area (Å²) in [5.74, 6) is 1.54. The molecule has 4 rings (SSSR count). The quantitative estimate of drug-likeness (QED) is 0.666. The molecule has 2 aromatic carbocycles. The first-order chi connectivity index (χ1) is 11.7. The molecule has 0 saturated heterocycles. The van der Waals surface area contributed by atoms with Crippen LogP contribution in [0.3, 0.4) is 0 Å². The van der Waals surface area contributed by atoms with Gasteiger partial charge in [-0.3, -0.25) is 4.79 Å². The van der Waals surface area contributed by atoms with E-state index in [0.717, 1.165) is 10.8 Å². The smallest absolute Gasteiger partial charge is 0.243 e. The first kappa shape index (κ1) is 15.2. The Labute approximate surface area is 141 Å². The third-order valence-electron chi connectivity index (χ3n) is 5.58. The third kappa shape index (κ3) is 2.56. The fourth-order valence-electron chi connectivity index (χ4n) is 4.20. The topological polar surface area (TPSA) is 61.7 Å². The van der Waals surface area contributed by atoms with Gasteiger partial charge in [0.1, 0.15) is 5.75 Å². The second-order valence-corrected chi connectivity index (χ2v) is 6.99. The molecule has 1 amide bonds. The third-order valence-corrected chi connectivity index (χ3v) is 5.58. The van der Waals surface area contributed by atoms with E-state index in [9.17, 15) is 9.90 Å². The van der Waals surface area contributed by atoms with Gasteiger partial charge in [-0.15, -0.1) is 0 Å². The molecule has 2 N–H and O–H groups in total. The molecule has 0 radical (unpaired) electrons. The average Bonchev–Trinajstić information content (AvgIpc) is 3.34. The lowest BCUT2D eigenvalue weighted by Crippen LogP contribution is -2.22. The van der Waals surface area contributed by atoms with Crippen LogP contribution in [0.2, 0.25) is 0 Å². The summed E-state index contributed by atoms with van der Waals surface area (Å²) in [5, 5.41) is 16.5. The van der Waals surface area contributed by atoms with Crippen molar-refractivity contribution in [1.29, 1.82) is 0 Å². The normalized spacial score (nSPS) is 26.0. The van der Waals surface area contributed by atoms with Crippen molar-refractivity contribution < 1.29 is 9.90 Å². The number of fused-ring (bicyclic) bond motifs is 2. The molecule has 0 aromatic heterocycles. The number of nitrogens with one attached hydrogen (secondary N) is 1. The fraction of sp³-hybridized carbons (Fsp3) is 0.400. The first-order valence-corrected chi connectivity index (χ1v) is 8.72. The van der Waals surface area contributed by atoms with E-state index in [-0.39, 0.29) is 17.6 Å². The van der Waals surface area contributed by atoms with Gasteiger partial charge in [0.2, 0.25) is 5.91 Å². The first-order valence-electron chi connectivity index (χ1n) is 8.72. The van der Waals surface area contributed by atoms with Crippen molar-refractivity contribution in [1.82, 2.24) is 5.43 Å². The summed E-state index contributed by atoms with van der Waals surface area (Å²) < 4.78 is 0. The number of rotatable bonds is 3. The van der Waals surface area contributed by atoms with E-state index in [1.165, 1.54) is 25.7 Å². The number of carbonyl (C=O) groups excluding carboxylic acids is 1. The Balaban J connectivity index is 1.51. The highest BCUT2D eigenvalue weighted by molar-refractivity contribution is 6.06. The van der Waals surface area contributed by atoms with Crippen molar-refractivity contribution in [2.45, 2.75) is 32.6 Å². The number of amides is 1. The molecule has 2 saturated carbocycles. The van der Waals surface area contributed by atoms with Gasteiger partial charge in [0.15, 0.2) is 0 Å². The molecule has 2 aliphatic carbocycles. The van der Waals surface area contributed by atoms with Crippen molar-refractivity contribution in [3.8, 4) is 5.75 Å². The van der Waals surface area contributed by atoms with Gasteiger partial charge >= 0.3 is 0 Å². The standard InChI is InChI=1S/C20H22N2O2/c1-12(14-11-10-13-6-2-3-7-15(13)19(14)23)21-22-20(24)18-16-8-4-5-9-17(16)18/h2-3,6-7,10-11,16-18,23H,4-5,8-9H2,1H3,(H,22,24)/t16-,17-/m0/s1. The Morgan fingerprint density at radius 3 is 2.58 bits per heavy atom. The molecular weight excluding hydrogens is 300 g/mol. The molecule has 0 bridgehead atoms. The van der Waals surface area contributed by atoms with Crippen molar-refractivity contribution in [2.75, 3.05) is 0 Å². The summed E-state index contributed by atoms with van der Waals surface area (Å²) in [6.07, 6.45) is 4.85. The second kappa shape index (κ2) is 5.93. The molecule has 2 fully saturated rings. The van der Waals surface area contributed by atoms with Crippen LogP contribution >= 0.6 is 0 Å². The lowest BCUT2D eigenvalue weighted by molar-refractivity contribution is -0.122. The maximum absolute atomic E-state index is 12.3. The average molecular weight is 322 g/mol. The van der Waals surface area contributed by atoms with Gasteiger partial charge in [0.25, 0.3) is 0 Å². The zero-order chi connectivity index (χ0) is 16.7. The molecule has 2 aromatic rings. The van der Waals surface area contributed by atoms with Gasteiger partial charge in [-0.2, -0.15) is 5.10 Å². The van der Waals surface area contributed by atoms with Crippen LogP contribution in [-0.2, 0) is 4.79 Å². The Kier molecular flexibility index (Phi) is 3.75. The van der Waals surface area contributed by atoms with Crippen LogP contribution in [0.25, 0.3) is 10.8 Å². The van der Waals surface area contributed by atoms with E-state index >= 15 is 0 Å². The number of nitrogens with zero attached hydrogens (tertiary/aromatic N) is 1. The Morgan fingerprint density at radius 2 is 1.83 bits per heavy atom. The van der Waals surface area contributed by atoms with E-state index < -0.39 is 0 Å². The highest BCUT2D eigenvalue weighted by Crippen LogP contribution is 2.55. The molecule has 0 spiro atoms. The highest BCUT2D eigenvalue weighted by Gasteiger charge is 2.54. The SMILES string of the molecule is CC(=NNC(=O)C1[C@H]2CCCC[C@H]12)c1ccc2ccccc2c1O. The van der Waals surface area contributed by atoms with Crippen molar-refractivity contribution in [2.24, 2.45) is 22.9 Å². The maximum Gasteiger partial charge on any atom is 0.243 e. The van der Waals surface area contributed by atoms with Gasteiger partial charge in [0, 0.05) is 16.9 Å². The molecule has 0 aliphatic heterocycles. The Bertz CT molecular complexity index is 815. The van der Waals surface area contributed by atoms with Crippen molar-refractivity contribution in [3.05, 3.63) is 42.0 Å². The van der Waals surface area contributed by atoms with Crippen LogP contribution in [0.15, 0.2) is 41.5 Å². The molecule has 124 valence electrons. The summed E-state index contributed by atoms with van der Waals surface area (Å²) in [6.45, 7) is 1.81. The van der Waals surface area contributed by atoms with Crippen LogP contribution in [0.4, 0.5) is 0 Å². The van der Waals surface area contributed by atoms with E-state index in [4.69, 9.17) is 0 Å². The minimum atomic E-state index is 0.0338. The number of benzene rings is 2. The van der Waals surface area contributed by atoms with Crippen molar-refractivity contribution in [3.63, 3.8) is 0 Å². The van der Waals surface area contributed by atoms with Gasteiger partial charge in [-0.05, 0) is 43.1 Å². The van der Waals surface area contributed by atoms with Gasteiger partial charge in [-0.1, -0.05) is 43.2 Å². The van der Waals surface area contributed by atoms with E-state index in [1.807, 2.05) is 43.3 Å². The van der Waals surface area contributed by atoms with Crippen LogP contribution < -0.4 is 5.43 Å². The summed E-state index contributed by atoms with van der Waals surface area (Å²) in [5.41, 5.74) is 3.99. The lowest BCUT2D eigenvalue weighted by Gasteiger charge is -2.08. The fourth-order valence-corrected chi connectivity index (χ4v) is 4.20. The molecule has 0 unspecified atom stereocenters. The van der Waals surface area contributed by atoms with Crippen LogP contribution in [0.5, 0.6) is 5.75 Å². The summed E-state index contributed by atoms with van der Waals surface area (Å²) in [4.78, 5) is 12.3. The molecule has 4 nitrogen and oxygen atoms in total. The van der Waals surface area contributed by atoms with Gasteiger partial charge in [-0.25, -0.2) is 5.43 Å². The van der Waals surface area contributed by atoms with Gasteiger partial charge in [0.05, 0.1) is 5.71 Å². The molecule has 2 atom stereocenters. The molecule has 4 heteroatoms. The zero-order valence-electron chi connectivity index (χ0n) is 13.8. The summed E-state index contributed by atoms with van der Waals surface area (Å²) in [7, 11) is 0. The highest BCUT2D eigenvalue weighted by atomic mass is 16.3. The predicted molar refractivity (Wildman–Crippen MR) is 94.9 cm³/mol. The van der Waals surface area contributed by atoms with Gasteiger partial charge < -0.3 is 5.11 Å². The summed E-state index contributed by atoms with van der Waals surface area (Å²) >= 11 is 0. The number of hydrazone groups is 1. The molecule has 2 aliphatic rings. The minimum Gasteiger partial charge on any atom is -0.507 e.